The summed E-state index contributed by atoms with van der Waals surface area (Å²) in [5, 5.41) is 0. The summed E-state index contributed by atoms with van der Waals surface area (Å²) < 4.78 is 6.61. The van der Waals surface area contributed by atoms with Crippen LogP contribution in [0.3, 0.4) is 0 Å². The van der Waals surface area contributed by atoms with Gasteiger partial charge < -0.3 is 4.74 Å². The zero-order valence-corrected chi connectivity index (χ0v) is 14.6. The van der Waals surface area contributed by atoms with Gasteiger partial charge in [0, 0.05) is 22.7 Å². The van der Waals surface area contributed by atoms with Gasteiger partial charge in [0.1, 0.15) is 5.54 Å². The van der Waals surface area contributed by atoms with Crippen LogP contribution in [0.4, 0.5) is 0 Å². The smallest absolute Gasteiger partial charge is 0.334 e. The van der Waals surface area contributed by atoms with Crippen molar-refractivity contribution in [1.29, 1.82) is 0 Å². The Hall–Kier alpha value is -1.36. The van der Waals surface area contributed by atoms with Gasteiger partial charge in [0.25, 0.3) is 0 Å². The summed E-state index contributed by atoms with van der Waals surface area (Å²) in [7, 11) is 0. The first-order valence-corrected chi connectivity index (χ1v) is 8.31. The normalized spacial score (nSPS) is 28.0. The molecule has 4 nitrogen and oxygen atoms in total. The Morgan fingerprint density at radius 3 is 2.50 bits per heavy atom. The summed E-state index contributed by atoms with van der Waals surface area (Å²) in [6.45, 7) is 5.98. The number of benzene rings is 1. The second kappa shape index (κ2) is 5.08. The number of hydrogen-bond donors (Lipinski definition) is 0. The van der Waals surface area contributed by atoms with Gasteiger partial charge in [-0.1, -0.05) is 48.8 Å². The highest BCUT2D eigenvalue weighted by atomic mass is 79.9. The number of carbonyl (C=O) groups excluding carboxylic acids is 2. The van der Waals surface area contributed by atoms with Crippen LogP contribution in [0.1, 0.15) is 39.2 Å². The molecule has 22 heavy (non-hydrogen) atoms. The Morgan fingerprint density at radius 2 is 1.91 bits per heavy atom. The Kier molecular flexibility index (Phi) is 3.59. The van der Waals surface area contributed by atoms with Gasteiger partial charge in [0.15, 0.2) is 6.23 Å². The maximum absolute atomic E-state index is 12.6. The van der Waals surface area contributed by atoms with Gasteiger partial charge in [-0.3, -0.25) is 9.69 Å². The Labute approximate surface area is 138 Å². The lowest BCUT2D eigenvalue weighted by molar-refractivity contribution is -0.151. The Balaban J connectivity index is 1.98. The summed E-state index contributed by atoms with van der Waals surface area (Å²) >= 11 is 3.41. The molecule has 2 aliphatic rings. The summed E-state index contributed by atoms with van der Waals surface area (Å²) in [4.78, 5) is 26.7. The van der Waals surface area contributed by atoms with Crippen molar-refractivity contribution < 1.29 is 14.3 Å². The molecule has 3 rings (SSSR count). The number of halogens is 1. The van der Waals surface area contributed by atoms with Crippen LogP contribution in [0.5, 0.6) is 0 Å². The van der Waals surface area contributed by atoms with Crippen molar-refractivity contribution in [2.24, 2.45) is 5.41 Å². The third-order valence-corrected chi connectivity index (χ3v) is 4.99. The maximum Gasteiger partial charge on any atom is 0.334 e. The largest absolute Gasteiger partial charge is 0.439 e. The van der Waals surface area contributed by atoms with Crippen molar-refractivity contribution in [3.8, 4) is 0 Å². The number of cyclic esters (lactones) is 1. The van der Waals surface area contributed by atoms with Crippen molar-refractivity contribution in [2.45, 2.75) is 51.8 Å². The van der Waals surface area contributed by atoms with E-state index in [-0.39, 0.29) is 17.3 Å². The molecular formula is C17H20BrNO3. The SMILES string of the molecule is CC(C)(C)[C@H]1OC(=O)[C@]2(Cc3ccc(Br)cc3)CCC(=O)N12. The third-order valence-electron chi connectivity index (χ3n) is 4.47. The molecule has 1 aromatic carbocycles. The van der Waals surface area contributed by atoms with E-state index >= 15 is 0 Å². The van der Waals surface area contributed by atoms with E-state index in [1.165, 1.54) is 0 Å². The number of nitrogens with zero attached hydrogens (tertiary/aromatic N) is 1. The quantitative estimate of drug-likeness (QED) is 0.755. The fourth-order valence-electron chi connectivity index (χ4n) is 3.36. The zero-order chi connectivity index (χ0) is 16.1. The second-order valence-corrected chi connectivity index (χ2v) is 8.14. The topological polar surface area (TPSA) is 46.6 Å². The van der Waals surface area contributed by atoms with E-state index in [4.69, 9.17) is 4.74 Å². The number of rotatable bonds is 2. The molecule has 0 aliphatic carbocycles. The minimum atomic E-state index is -0.830. The number of amides is 1. The van der Waals surface area contributed by atoms with E-state index in [2.05, 4.69) is 15.9 Å². The minimum absolute atomic E-state index is 0.0166. The molecule has 2 atom stereocenters. The van der Waals surface area contributed by atoms with Gasteiger partial charge in [0.2, 0.25) is 5.91 Å². The van der Waals surface area contributed by atoms with E-state index in [0.29, 0.717) is 19.3 Å². The average molecular weight is 366 g/mol. The maximum atomic E-state index is 12.6. The number of carbonyl (C=O) groups is 2. The summed E-state index contributed by atoms with van der Waals surface area (Å²) in [6, 6.07) is 7.87. The fourth-order valence-corrected chi connectivity index (χ4v) is 3.63. The highest BCUT2D eigenvalue weighted by Crippen LogP contribution is 2.46. The first kappa shape index (κ1) is 15.5. The number of ether oxygens (including phenoxy) is 1. The zero-order valence-electron chi connectivity index (χ0n) is 13.1. The number of hydrogen-bond acceptors (Lipinski definition) is 3. The monoisotopic (exact) mass is 365 g/mol. The van der Waals surface area contributed by atoms with Crippen LogP contribution in [0, 0.1) is 5.41 Å². The highest BCUT2D eigenvalue weighted by Gasteiger charge is 2.62. The molecule has 1 amide bonds. The van der Waals surface area contributed by atoms with Crippen LogP contribution in [-0.2, 0) is 20.7 Å². The molecule has 0 bridgehead atoms. The van der Waals surface area contributed by atoms with Crippen LogP contribution >= 0.6 is 15.9 Å². The van der Waals surface area contributed by atoms with Crippen molar-refractivity contribution in [1.82, 2.24) is 4.90 Å². The lowest BCUT2D eigenvalue weighted by atomic mass is 9.87. The molecule has 0 spiro atoms. The standard InChI is InChI=1S/C17H20BrNO3/c1-16(2,3)14-19-13(20)8-9-17(19,15(21)22-14)10-11-4-6-12(18)7-5-11/h4-7,14H,8-10H2,1-3H3/t14-,17-/m1/s1. The summed E-state index contributed by atoms with van der Waals surface area (Å²) in [5.41, 5.74) is -0.0885. The number of fused-ring (bicyclic) bond motifs is 1. The van der Waals surface area contributed by atoms with Crippen molar-refractivity contribution in [3.05, 3.63) is 34.3 Å². The molecule has 118 valence electrons. The fraction of sp³-hybridized carbons (Fsp3) is 0.529. The molecule has 0 radical (unpaired) electrons. The second-order valence-electron chi connectivity index (χ2n) is 7.22. The molecule has 2 fully saturated rings. The molecule has 2 saturated heterocycles. The minimum Gasteiger partial charge on any atom is -0.439 e. The number of esters is 1. The molecule has 1 aromatic rings. The first-order valence-electron chi connectivity index (χ1n) is 7.52. The average Bonchev–Trinajstić information content (AvgIpc) is 2.90. The summed E-state index contributed by atoms with van der Waals surface area (Å²) in [5.74, 6) is -0.246. The van der Waals surface area contributed by atoms with Crippen LogP contribution in [0.2, 0.25) is 0 Å². The predicted octanol–water partition coefficient (Wildman–Crippen LogP) is 3.28. The predicted molar refractivity (Wildman–Crippen MR) is 86.0 cm³/mol. The van der Waals surface area contributed by atoms with Crippen LogP contribution in [-0.4, -0.2) is 28.5 Å². The van der Waals surface area contributed by atoms with Gasteiger partial charge in [-0.25, -0.2) is 4.79 Å². The molecule has 2 aliphatic heterocycles. The van der Waals surface area contributed by atoms with Gasteiger partial charge in [0.05, 0.1) is 0 Å². The lowest BCUT2D eigenvalue weighted by Gasteiger charge is -2.35. The Morgan fingerprint density at radius 1 is 1.27 bits per heavy atom. The van der Waals surface area contributed by atoms with Gasteiger partial charge in [-0.05, 0) is 24.1 Å². The van der Waals surface area contributed by atoms with Gasteiger partial charge in [-0.2, -0.15) is 0 Å². The van der Waals surface area contributed by atoms with Crippen molar-refractivity contribution in [2.75, 3.05) is 0 Å². The Bertz CT molecular complexity index is 620. The van der Waals surface area contributed by atoms with Gasteiger partial charge >= 0.3 is 5.97 Å². The highest BCUT2D eigenvalue weighted by molar-refractivity contribution is 9.10. The first-order chi connectivity index (χ1) is 10.2. The van der Waals surface area contributed by atoms with Gasteiger partial charge in [-0.15, -0.1) is 0 Å². The third kappa shape index (κ3) is 2.35. The van der Waals surface area contributed by atoms with Crippen LogP contribution in [0.25, 0.3) is 0 Å². The van der Waals surface area contributed by atoms with E-state index in [1.54, 1.807) is 4.90 Å². The molecule has 5 heteroatoms. The summed E-state index contributed by atoms with van der Waals surface area (Å²) in [6.07, 6.45) is 0.980. The lowest BCUT2D eigenvalue weighted by Crippen LogP contribution is -2.52. The van der Waals surface area contributed by atoms with E-state index in [0.717, 1.165) is 10.0 Å². The molecule has 2 heterocycles. The van der Waals surface area contributed by atoms with Crippen LogP contribution in [0.15, 0.2) is 28.7 Å². The van der Waals surface area contributed by atoms with E-state index in [9.17, 15) is 9.59 Å². The van der Waals surface area contributed by atoms with Crippen LogP contribution < -0.4 is 0 Å². The molecule has 0 unspecified atom stereocenters. The van der Waals surface area contributed by atoms with E-state index in [1.807, 2.05) is 45.0 Å². The molecule has 0 aromatic heterocycles. The molecule has 0 saturated carbocycles. The molecular weight excluding hydrogens is 346 g/mol. The van der Waals surface area contributed by atoms with Crippen molar-refractivity contribution >= 4 is 27.8 Å². The van der Waals surface area contributed by atoms with Crippen molar-refractivity contribution in [3.63, 3.8) is 0 Å². The molecule has 0 N–H and O–H groups in total. The van der Waals surface area contributed by atoms with E-state index < -0.39 is 11.8 Å².